The first-order valence-electron chi connectivity index (χ1n) is 8.76. The van der Waals surface area contributed by atoms with Gasteiger partial charge >= 0.3 is 0 Å². The lowest BCUT2D eigenvalue weighted by Crippen LogP contribution is -2.52. The molecular formula is C17H35N3. The zero-order valence-corrected chi connectivity index (χ0v) is 14.0. The van der Waals surface area contributed by atoms with Crippen LogP contribution in [0.4, 0.5) is 0 Å². The number of hydrogen-bond donors (Lipinski definition) is 1. The van der Waals surface area contributed by atoms with Gasteiger partial charge in [-0.15, -0.1) is 0 Å². The predicted molar refractivity (Wildman–Crippen MR) is 87.2 cm³/mol. The fraction of sp³-hybridized carbons (Fsp3) is 1.00. The molecule has 0 atom stereocenters. The van der Waals surface area contributed by atoms with Crippen LogP contribution in [0.3, 0.4) is 0 Å². The summed E-state index contributed by atoms with van der Waals surface area (Å²) in [5.41, 5.74) is 0.547. The molecule has 0 aromatic heterocycles. The summed E-state index contributed by atoms with van der Waals surface area (Å²) in [6.07, 6.45) is 8.64. The Kier molecular flexibility index (Phi) is 6.31. The lowest BCUT2D eigenvalue weighted by molar-refractivity contribution is 0.0634. The first-order chi connectivity index (χ1) is 9.65. The van der Waals surface area contributed by atoms with E-state index < -0.39 is 0 Å². The molecule has 0 radical (unpaired) electrons. The Labute approximate surface area is 126 Å². The van der Waals surface area contributed by atoms with Crippen LogP contribution in [0.25, 0.3) is 0 Å². The Bertz CT molecular complexity index is 261. The molecule has 1 aliphatic heterocycles. The zero-order valence-electron chi connectivity index (χ0n) is 14.0. The van der Waals surface area contributed by atoms with Gasteiger partial charge in [0.15, 0.2) is 0 Å². The third-order valence-corrected chi connectivity index (χ3v) is 5.41. The van der Waals surface area contributed by atoms with Crippen molar-refractivity contribution in [1.82, 2.24) is 15.1 Å². The number of nitrogens with one attached hydrogen (secondary N) is 1. The normalized spacial score (nSPS) is 25.8. The molecule has 1 heterocycles. The third-order valence-electron chi connectivity index (χ3n) is 5.41. The van der Waals surface area contributed by atoms with Crippen molar-refractivity contribution in [3.05, 3.63) is 0 Å². The molecule has 3 nitrogen and oxygen atoms in total. The smallest absolute Gasteiger partial charge is 0.0113 e. The molecule has 0 spiro atoms. The van der Waals surface area contributed by atoms with Crippen LogP contribution < -0.4 is 5.32 Å². The average Bonchev–Trinajstić information content (AvgIpc) is 2.66. The zero-order chi connectivity index (χ0) is 14.4. The summed E-state index contributed by atoms with van der Waals surface area (Å²) in [5.74, 6) is 0. The maximum atomic E-state index is 3.49. The highest BCUT2D eigenvalue weighted by molar-refractivity contribution is 4.88. The Morgan fingerprint density at radius 2 is 1.55 bits per heavy atom. The maximum Gasteiger partial charge on any atom is 0.0113 e. The molecule has 0 amide bonds. The van der Waals surface area contributed by atoms with Crippen LogP contribution in [0, 0.1) is 5.41 Å². The van der Waals surface area contributed by atoms with E-state index in [4.69, 9.17) is 0 Å². The topological polar surface area (TPSA) is 18.5 Å². The van der Waals surface area contributed by atoms with Gasteiger partial charge in [0.05, 0.1) is 0 Å². The molecule has 2 fully saturated rings. The molecule has 1 aliphatic carbocycles. The first kappa shape index (κ1) is 16.3. The molecular weight excluding hydrogens is 246 g/mol. The molecule has 0 aromatic carbocycles. The van der Waals surface area contributed by atoms with Gasteiger partial charge in [-0.3, -0.25) is 4.90 Å². The molecule has 1 N–H and O–H groups in total. The van der Waals surface area contributed by atoms with E-state index >= 15 is 0 Å². The molecule has 0 aromatic rings. The van der Waals surface area contributed by atoms with E-state index in [1.807, 2.05) is 0 Å². The fourth-order valence-electron chi connectivity index (χ4n) is 4.16. The largest absolute Gasteiger partial charge is 0.319 e. The Morgan fingerprint density at radius 1 is 0.950 bits per heavy atom. The molecule has 20 heavy (non-hydrogen) atoms. The van der Waals surface area contributed by atoms with Crippen LogP contribution in [-0.4, -0.2) is 62.2 Å². The van der Waals surface area contributed by atoms with Crippen molar-refractivity contribution in [1.29, 1.82) is 0 Å². The van der Waals surface area contributed by atoms with Crippen LogP contribution in [0.15, 0.2) is 0 Å². The Hall–Kier alpha value is -0.120. The number of nitrogens with zero attached hydrogens (tertiary/aromatic N) is 2. The second kappa shape index (κ2) is 7.77. The Morgan fingerprint density at radius 3 is 2.05 bits per heavy atom. The molecule has 1 saturated heterocycles. The minimum atomic E-state index is 0.547. The van der Waals surface area contributed by atoms with Gasteiger partial charge in [-0.1, -0.05) is 25.7 Å². The van der Waals surface area contributed by atoms with Crippen molar-refractivity contribution in [2.75, 3.05) is 46.3 Å². The standard InChI is InChI=1S/C17H35N3/c1-16(2)20-12-10-19(11-13-20)15-17(14-18-3)8-6-4-5-7-9-17/h16,18H,4-15H2,1-3H3. The lowest BCUT2D eigenvalue weighted by atomic mass is 9.79. The van der Waals surface area contributed by atoms with Crippen molar-refractivity contribution in [2.45, 2.75) is 58.4 Å². The summed E-state index contributed by atoms with van der Waals surface area (Å²) in [6.45, 7) is 12.2. The monoisotopic (exact) mass is 281 g/mol. The maximum absolute atomic E-state index is 3.49. The SMILES string of the molecule is CNCC1(CN2CCN(C(C)C)CC2)CCCCCC1. The van der Waals surface area contributed by atoms with Crippen molar-refractivity contribution in [3.8, 4) is 0 Å². The van der Waals surface area contributed by atoms with Crippen LogP contribution >= 0.6 is 0 Å². The van der Waals surface area contributed by atoms with Crippen molar-refractivity contribution < 1.29 is 0 Å². The lowest BCUT2D eigenvalue weighted by Gasteiger charge is -2.43. The molecule has 0 unspecified atom stereocenters. The summed E-state index contributed by atoms with van der Waals surface area (Å²) in [5, 5.41) is 3.49. The summed E-state index contributed by atoms with van der Waals surface area (Å²) in [6, 6.07) is 0.710. The van der Waals surface area contributed by atoms with Crippen LogP contribution in [0.5, 0.6) is 0 Å². The van der Waals surface area contributed by atoms with E-state index in [1.165, 1.54) is 77.8 Å². The van der Waals surface area contributed by atoms with Crippen molar-refractivity contribution >= 4 is 0 Å². The summed E-state index contributed by atoms with van der Waals surface area (Å²) < 4.78 is 0. The van der Waals surface area contributed by atoms with E-state index in [0.29, 0.717) is 11.5 Å². The highest BCUT2D eigenvalue weighted by Crippen LogP contribution is 2.35. The van der Waals surface area contributed by atoms with E-state index in [1.54, 1.807) is 0 Å². The van der Waals surface area contributed by atoms with Gasteiger partial charge in [0, 0.05) is 45.3 Å². The number of hydrogen-bond acceptors (Lipinski definition) is 3. The fourth-order valence-corrected chi connectivity index (χ4v) is 4.16. The van der Waals surface area contributed by atoms with Gasteiger partial charge in [-0.05, 0) is 39.2 Å². The van der Waals surface area contributed by atoms with Crippen LogP contribution in [-0.2, 0) is 0 Å². The number of rotatable bonds is 5. The van der Waals surface area contributed by atoms with Crippen LogP contribution in [0.1, 0.15) is 52.4 Å². The molecule has 3 heteroatoms. The highest BCUT2D eigenvalue weighted by atomic mass is 15.3. The van der Waals surface area contributed by atoms with Gasteiger partial charge in [-0.25, -0.2) is 0 Å². The van der Waals surface area contributed by atoms with Gasteiger partial charge in [0.2, 0.25) is 0 Å². The van der Waals surface area contributed by atoms with Crippen LogP contribution in [0.2, 0.25) is 0 Å². The van der Waals surface area contributed by atoms with Crippen molar-refractivity contribution in [3.63, 3.8) is 0 Å². The quantitative estimate of drug-likeness (QED) is 0.782. The summed E-state index contributed by atoms with van der Waals surface area (Å²) >= 11 is 0. The third kappa shape index (κ3) is 4.44. The van der Waals surface area contributed by atoms with Gasteiger partial charge in [0.1, 0.15) is 0 Å². The summed E-state index contributed by atoms with van der Waals surface area (Å²) in [4.78, 5) is 5.36. The van der Waals surface area contributed by atoms with E-state index in [-0.39, 0.29) is 0 Å². The van der Waals surface area contributed by atoms with Gasteiger partial charge in [0.25, 0.3) is 0 Å². The molecule has 1 saturated carbocycles. The highest BCUT2D eigenvalue weighted by Gasteiger charge is 2.33. The number of piperazine rings is 1. The molecule has 2 aliphatic rings. The molecule has 2 rings (SSSR count). The van der Waals surface area contributed by atoms with Gasteiger partial charge < -0.3 is 10.2 Å². The second-order valence-corrected chi connectivity index (χ2v) is 7.35. The van der Waals surface area contributed by atoms with Gasteiger partial charge in [-0.2, -0.15) is 0 Å². The van der Waals surface area contributed by atoms with E-state index in [9.17, 15) is 0 Å². The second-order valence-electron chi connectivity index (χ2n) is 7.35. The average molecular weight is 281 g/mol. The predicted octanol–water partition coefficient (Wildman–Crippen LogP) is 2.57. The summed E-state index contributed by atoms with van der Waals surface area (Å²) in [7, 11) is 2.13. The van der Waals surface area contributed by atoms with E-state index in [2.05, 4.69) is 36.0 Å². The molecule has 118 valence electrons. The first-order valence-corrected chi connectivity index (χ1v) is 8.76. The molecule has 0 bridgehead atoms. The Balaban J connectivity index is 1.88. The van der Waals surface area contributed by atoms with E-state index in [0.717, 1.165) is 0 Å². The minimum Gasteiger partial charge on any atom is -0.319 e. The van der Waals surface area contributed by atoms with Crippen molar-refractivity contribution in [2.24, 2.45) is 5.41 Å². The minimum absolute atomic E-state index is 0.547.